The van der Waals surface area contributed by atoms with E-state index in [9.17, 15) is 9.90 Å². The van der Waals surface area contributed by atoms with Crippen molar-refractivity contribution in [3.05, 3.63) is 68.7 Å². The van der Waals surface area contributed by atoms with Gasteiger partial charge in [0.1, 0.15) is 0 Å². The highest BCUT2D eigenvalue weighted by atomic mass is 35.5. The molecule has 0 saturated carbocycles. The first kappa shape index (κ1) is 17.0. The average molecular weight is 384 g/mol. The molecule has 24 heavy (non-hydrogen) atoms. The summed E-state index contributed by atoms with van der Waals surface area (Å²) in [6.45, 7) is 0. The van der Waals surface area contributed by atoms with Crippen molar-refractivity contribution in [1.82, 2.24) is 10.2 Å². The standard InChI is InChI=1S/C17H13Cl3N2O2/c1-22-15(9-2-4-10(18)5-3-9)14(21-16(22)17(23)24)12-7-6-11(19)8-13(12)20/h2-8,16,21H,1H3,(H,23,24). The fourth-order valence-electron chi connectivity index (χ4n) is 2.69. The number of benzene rings is 2. The summed E-state index contributed by atoms with van der Waals surface area (Å²) in [5.74, 6) is -0.982. The number of carbonyl (C=O) groups is 1. The molecule has 0 aromatic heterocycles. The molecule has 0 amide bonds. The van der Waals surface area contributed by atoms with Crippen molar-refractivity contribution >= 4 is 52.2 Å². The van der Waals surface area contributed by atoms with Gasteiger partial charge >= 0.3 is 5.97 Å². The van der Waals surface area contributed by atoms with Crippen molar-refractivity contribution in [2.75, 3.05) is 7.05 Å². The van der Waals surface area contributed by atoms with Crippen molar-refractivity contribution in [3.8, 4) is 0 Å². The molecule has 0 bridgehead atoms. The summed E-state index contributed by atoms with van der Waals surface area (Å²) in [4.78, 5) is 13.2. The zero-order valence-corrected chi connectivity index (χ0v) is 14.8. The van der Waals surface area contributed by atoms with Gasteiger partial charge in [0.2, 0.25) is 0 Å². The van der Waals surface area contributed by atoms with Gasteiger partial charge in [-0.2, -0.15) is 0 Å². The maximum absolute atomic E-state index is 11.6. The average Bonchev–Trinajstić information content (AvgIpc) is 2.86. The van der Waals surface area contributed by atoms with Crippen LogP contribution in [0.5, 0.6) is 0 Å². The van der Waals surface area contributed by atoms with Gasteiger partial charge in [-0.15, -0.1) is 0 Å². The molecule has 0 spiro atoms. The van der Waals surface area contributed by atoms with E-state index in [0.717, 1.165) is 11.3 Å². The number of carboxylic acids is 1. The van der Waals surface area contributed by atoms with Gasteiger partial charge in [0.15, 0.2) is 6.17 Å². The van der Waals surface area contributed by atoms with Gasteiger partial charge in [0, 0.05) is 28.2 Å². The van der Waals surface area contributed by atoms with E-state index in [4.69, 9.17) is 34.8 Å². The van der Waals surface area contributed by atoms with E-state index < -0.39 is 12.1 Å². The Kier molecular flexibility index (Phi) is 4.63. The van der Waals surface area contributed by atoms with Crippen LogP contribution in [0.1, 0.15) is 11.1 Å². The minimum atomic E-state index is -0.982. The number of likely N-dealkylation sites (N-methyl/N-ethyl adjacent to an activating group) is 1. The Morgan fingerprint density at radius 2 is 1.71 bits per heavy atom. The number of rotatable bonds is 3. The molecule has 2 N–H and O–H groups in total. The molecule has 1 aliphatic heterocycles. The van der Waals surface area contributed by atoms with E-state index >= 15 is 0 Å². The maximum atomic E-state index is 11.6. The fourth-order valence-corrected chi connectivity index (χ4v) is 3.32. The first-order valence-corrected chi connectivity index (χ1v) is 8.19. The van der Waals surface area contributed by atoms with Crippen LogP contribution in [0.2, 0.25) is 15.1 Å². The molecule has 2 aromatic carbocycles. The van der Waals surface area contributed by atoms with Crippen LogP contribution < -0.4 is 5.32 Å². The van der Waals surface area contributed by atoms with Crippen LogP contribution in [0.15, 0.2) is 42.5 Å². The smallest absolute Gasteiger partial charge is 0.347 e. The Morgan fingerprint density at radius 1 is 1.08 bits per heavy atom. The molecule has 0 aliphatic carbocycles. The molecule has 0 radical (unpaired) electrons. The zero-order chi connectivity index (χ0) is 17.4. The third-order valence-electron chi connectivity index (χ3n) is 3.81. The number of nitrogens with zero attached hydrogens (tertiary/aromatic N) is 1. The van der Waals surface area contributed by atoms with Crippen molar-refractivity contribution in [1.29, 1.82) is 0 Å². The van der Waals surface area contributed by atoms with E-state index in [1.807, 2.05) is 12.1 Å². The third kappa shape index (κ3) is 3.05. The number of hydrogen-bond donors (Lipinski definition) is 2. The Bertz CT molecular complexity index is 834. The summed E-state index contributed by atoms with van der Waals surface area (Å²) in [5.41, 5.74) is 2.87. The summed E-state index contributed by atoms with van der Waals surface area (Å²) < 4.78 is 0. The highest BCUT2D eigenvalue weighted by molar-refractivity contribution is 6.36. The zero-order valence-electron chi connectivity index (χ0n) is 12.6. The summed E-state index contributed by atoms with van der Waals surface area (Å²) >= 11 is 18.2. The van der Waals surface area contributed by atoms with E-state index in [1.54, 1.807) is 42.3 Å². The molecule has 0 saturated heterocycles. The predicted molar refractivity (Wildman–Crippen MR) is 97.1 cm³/mol. The molecule has 2 aromatic rings. The van der Waals surface area contributed by atoms with Gasteiger partial charge in [-0.25, -0.2) is 4.79 Å². The van der Waals surface area contributed by atoms with E-state index in [1.165, 1.54) is 0 Å². The van der Waals surface area contributed by atoms with Gasteiger partial charge in [0.25, 0.3) is 0 Å². The lowest BCUT2D eigenvalue weighted by atomic mass is 10.1. The Labute approximate surface area is 154 Å². The van der Waals surface area contributed by atoms with Crippen LogP contribution in [0.25, 0.3) is 11.4 Å². The van der Waals surface area contributed by atoms with Crippen LogP contribution in [-0.2, 0) is 4.79 Å². The third-order valence-corrected chi connectivity index (χ3v) is 4.61. The van der Waals surface area contributed by atoms with Crippen molar-refractivity contribution in [2.45, 2.75) is 6.17 Å². The molecule has 1 aliphatic rings. The Morgan fingerprint density at radius 3 is 2.29 bits per heavy atom. The topological polar surface area (TPSA) is 52.6 Å². The largest absolute Gasteiger partial charge is 0.478 e. The van der Waals surface area contributed by atoms with Crippen molar-refractivity contribution < 1.29 is 9.90 Å². The Balaban J connectivity index is 2.18. The van der Waals surface area contributed by atoms with Crippen LogP contribution in [0, 0.1) is 0 Å². The molecule has 1 unspecified atom stereocenters. The van der Waals surface area contributed by atoms with E-state index in [0.29, 0.717) is 26.3 Å². The molecule has 3 rings (SSSR count). The van der Waals surface area contributed by atoms with Gasteiger partial charge < -0.3 is 15.3 Å². The van der Waals surface area contributed by atoms with Crippen LogP contribution in [0.4, 0.5) is 0 Å². The summed E-state index contributed by atoms with van der Waals surface area (Å²) in [5, 5.41) is 14.0. The first-order chi connectivity index (χ1) is 11.4. The molecule has 1 atom stereocenters. The second kappa shape index (κ2) is 6.55. The maximum Gasteiger partial charge on any atom is 0.347 e. The number of nitrogens with one attached hydrogen (secondary N) is 1. The van der Waals surface area contributed by atoms with Crippen molar-refractivity contribution in [3.63, 3.8) is 0 Å². The van der Waals surface area contributed by atoms with Crippen LogP contribution >= 0.6 is 34.8 Å². The normalized spacial score (nSPS) is 17.2. The first-order valence-electron chi connectivity index (χ1n) is 7.06. The second-order valence-electron chi connectivity index (χ2n) is 5.35. The minimum Gasteiger partial charge on any atom is -0.478 e. The lowest BCUT2D eigenvalue weighted by Gasteiger charge is -2.21. The predicted octanol–water partition coefficient (Wildman–Crippen LogP) is 4.42. The number of halogens is 3. The van der Waals surface area contributed by atoms with Gasteiger partial charge in [-0.3, -0.25) is 0 Å². The van der Waals surface area contributed by atoms with Gasteiger partial charge in [0.05, 0.1) is 16.4 Å². The number of carboxylic acid groups (broad SMARTS) is 1. The lowest BCUT2D eigenvalue weighted by Crippen LogP contribution is -2.41. The minimum absolute atomic E-state index is 0.441. The molecule has 7 heteroatoms. The van der Waals surface area contributed by atoms with E-state index in [2.05, 4.69) is 5.32 Å². The monoisotopic (exact) mass is 382 g/mol. The molecular formula is C17H13Cl3N2O2. The summed E-state index contributed by atoms with van der Waals surface area (Å²) in [6.07, 6.45) is -0.891. The fraction of sp³-hybridized carbons (Fsp3) is 0.118. The molecule has 1 heterocycles. The Hall–Kier alpha value is -1.88. The summed E-state index contributed by atoms with van der Waals surface area (Å²) in [6, 6.07) is 12.3. The lowest BCUT2D eigenvalue weighted by molar-refractivity contribution is -0.141. The highest BCUT2D eigenvalue weighted by Gasteiger charge is 2.35. The van der Waals surface area contributed by atoms with Gasteiger partial charge in [-0.05, 0) is 30.3 Å². The summed E-state index contributed by atoms with van der Waals surface area (Å²) in [7, 11) is 1.71. The quantitative estimate of drug-likeness (QED) is 0.824. The number of aliphatic carboxylic acids is 1. The molecule has 124 valence electrons. The molecule has 4 nitrogen and oxygen atoms in total. The van der Waals surface area contributed by atoms with Crippen molar-refractivity contribution in [2.24, 2.45) is 0 Å². The number of hydrogen-bond acceptors (Lipinski definition) is 3. The SMILES string of the molecule is CN1C(c2ccc(Cl)cc2)=C(c2ccc(Cl)cc2Cl)NC1C(=O)O. The highest BCUT2D eigenvalue weighted by Crippen LogP contribution is 2.37. The van der Waals surface area contributed by atoms with Crippen LogP contribution in [0.3, 0.4) is 0 Å². The van der Waals surface area contributed by atoms with Crippen LogP contribution in [-0.4, -0.2) is 29.2 Å². The molecular weight excluding hydrogens is 371 g/mol. The van der Waals surface area contributed by atoms with Gasteiger partial charge in [-0.1, -0.05) is 46.9 Å². The second-order valence-corrected chi connectivity index (χ2v) is 6.63. The van der Waals surface area contributed by atoms with E-state index in [-0.39, 0.29) is 0 Å². The molecule has 0 fully saturated rings.